The number of rotatable bonds is 5. The fourth-order valence-corrected chi connectivity index (χ4v) is 2.11. The Bertz CT molecular complexity index is 624. The van der Waals surface area contributed by atoms with Gasteiger partial charge in [0, 0.05) is 12.3 Å². The van der Waals surface area contributed by atoms with Gasteiger partial charge in [0.05, 0.1) is 5.69 Å². The quantitative estimate of drug-likeness (QED) is 0.626. The Balaban J connectivity index is 1.99. The molecule has 22 heavy (non-hydrogen) atoms. The first-order valence-electron chi connectivity index (χ1n) is 7.04. The summed E-state index contributed by atoms with van der Waals surface area (Å²) in [5.74, 6) is 0.710. The van der Waals surface area contributed by atoms with Gasteiger partial charge in [0.1, 0.15) is 34.7 Å². The average Bonchev–Trinajstić information content (AvgIpc) is 2.51. The largest absolute Gasteiger partial charge is 0.591 e. The Morgan fingerprint density at radius 2 is 1.95 bits per heavy atom. The second-order valence-electron chi connectivity index (χ2n) is 5.79. The number of ether oxygens (including phenoxy) is 1. The molecule has 1 heterocycles. The normalized spacial score (nSPS) is 13.3. The van der Waals surface area contributed by atoms with E-state index in [-0.39, 0.29) is 4.75 Å². The van der Waals surface area contributed by atoms with E-state index in [0.29, 0.717) is 18.1 Å². The van der Waals surface area contributed by atoms with Crippen molar-refractivity contribution in [3.05, 3.63) is 59.9 Å². The Morgan fingerprint density at radius 3 is 2.64 bits per heavy atom. The van der Waals surface area contributed by atoms with Crippen molar-refractivity contribution in [1.82, 2.24) is 4.98 Å². The third-order valence-corrected chi connectivity index (χ3v) is 4.15. The molecule has 0 spiro atoms. The fourth-order valence-electron chi connectivity index (χ4n) is 1.59. The molecule has 0 saturated heterocycles. The van der Waals surface area contributed by atoms with Crippen LogP contribution in [-0.4, -0.2) is 20.5 Å². The SMILES string of the molecule is CC(C)(C)[S+]([O-])N=Cc1cc(OCc2ccccc2)ccn1. The molecule has 0 amide bonds. The lowest BCUT2D eigenvalue weighted by Gasteiger charge is -2.17. The number of aromatic nitrogens is 1. The average molecular weight is 316 g/mol. The maximum absolute atomic E-state index is 11.9. The lowest BCUT2D eigenvalue weighted by atomic mass is 10.2. The summed E-state index contributed by atoms with van der Waals surface area (Å²) in [4.78, 5) is 4.18. The summed E-state index contributed by atoms with van der Waals surface area (Å²) in [5.41, 5.74) is 1.73. The third kappa shape index (κ3) is 5.16. The van der Waals surface area contributed by atoms with Gasteiger partial charge in [-0.3, -0.25) is 4.98 Å². The topological polar surface area (TPSA) is 57.5 Å². The predicted molar refractivity (Wildman–Crippen MR) is 90.5 cm³/mol. The van der Waals surface area contributed by atoms with E-state index in [1.165, 1.54) is 6.21 Å². The van der Waals surface area contributed by atoms with Crippen molar-refractivity contribution in [3.8, 4) is 5.75 Å². The molecule has 1 atom stereocenters. The smallest absolute Gasteiger partial charge is 0.144 e. The second-order valence-corrected chi connectivity index (χ2v) is 7.72. The van der Waals surface area contributed by atoms with Gasteiger partial charge < -0.3 is 9.29 Å². The Kier molecular flexibility index (Phi) is 5.57. The molecule has 0 saturated carbocycles. The van der Waals surface area contributed by atoms with Crippen LogP contribution in [0, 0.1) is 0 Å². The van der Waals surface area contributed by atoms with E-state index >= 15 is 0 Å². The molecular weight excluding hydrogens is 296 g/mol. The van der Waals surface area contributed by atoms with E-state index in [1.54, 1.807) is 18.3 Å². The number of hydrogen-bond donors (Lipinski definition) is 0. The lowest BCUT2D eigenvalue weighted by Crippen LogP contribution is -2.25. The maximum Gasteiger partial charge on any atom is 0.144 e. The summed E-state index contributed by atoms with van der Waals surface area (Å²) >= 11 is -1.29. The van der Waals surface area contributed by atoms with Crippen LogP contribution < -0.4 is 4.74 Å². The van der Waals surface area contributed by atoms with Gasteiger partial charge in [0.2, 0.25) is 0 Å². The second kappa shape index (κ2) is 7.42. The molecule has 0 N–H and O–H groups in total. The number of nitrogens with zero attached hydrogens (tertiary/aromatic N) is 2. The van der Waals surface area contributed by atoms with E-state index in [9.17, 15) is 4.55 Å². The third-order valence-electron chi connectivity index (χ3n) is 2.81. The fraction of sp³-hybridized carbons (Fsp3) is 0.294. The molecule has 1 aromatic heterocycles. The summed E-state index contributed by atoms with van der Waals surface area (Å²) in [6.07, 6.45) is 3.18. The molecule has 116 valence electrons. The highest BCUT2D eigenvalue weighted by Gasteiger charge is 2.25. The van der Waals surface area contributed by atoms with Gasteiger partial charge >= 0.3 is 0 Å². The summed E-state index contributed by atoms with van der Waals surface area (Å²) in [7, 11) is 0. The van der Waals surface area contributed by atoms with Gasteiger partial charge in [-0.05, 0) is 32.4 Å². The molecular formula is C17H20N2O2S. The van der Waals surface area contributed by atoms with Gasteiger partial charge in [0.15, 0.2) is 0 Å². The summed E-state index contributed by atoms with van der Waals surface area (Å²) < 4.78 is 21.3. The molecule has 0 fully saturated rings. The minimum absolute atomic E-state index is 0.377. The monoisotopic (exact) mass is 316 g/mol. The van der Waals surface area contributed by atoms with Gasteiger partial charge in [0.25, 0.3) is 0 Å². The zero-order valence-corrected chi connectivity index (χ0v) is 13.8. The van der Waals surface area contributed by atoms with E-state index in [4.69, 9.17) is 4.74 Å². The zero-order chi connectivity index (χ0) is 16.0. The highest BCUT2D eigenvalue weighted by atomic mass is 32.2. The predicted octanol–water partition coefficient (Wildman–Crippen LogP) is 3.54. The van der Waals surface area contributed by atoms with Crippen molar-refractivity contribution in [2.24, 2.45) is 4.40 Å². The minimum atomic E-state index is -1.29. The minimum Gasteiger partial charge on any atom is -0.591 e. The Morgan fingerprint density at radius 1 is 1.23 bits per heavy atom. The summed E-state index contributed by atoms with van der Waals surface area (Å²) in [5, 5.41) is 0. The molecule has 5 heteroatoms. The van der Waals surface area contributed by atoms with Crippen LogP contribution >= 0.6 is 0 Å². The van der Waals surface area contributed by atoms with Crippen molar-refractivity contribution >= 4 is 17.6 Å². The molecule has 4 nitrogen and oxygen atoms in total. The van der Waals surface area contributed by atoms with Crippen LogP contribution in [0.3, 0.4) is 0 Å². The molecule has 1 aromatic carbocycles. The zero-order valence-electron chi connectivity index (χ0n) is 13.0. The van der Waals surface area contributed by atoms with Crippen LogP contribution in [0.2, 0.25) is 0 Å². The van der Waals surface area contributed by atoms with Crippen LogP contribution in [0.25, 0.3) is 0 Å². The number of benzene rings is 1. The molecule has 2 aromatic rings. The van der Waals surface area contributed by atoms with E-state index in [1.807, 2.05) is 51.1 Å². The number of pyridine rings is 1. The Labute approximate surface area is 134 Å². The van der Waals surface area contributed by atoms with Crippen molar-refractivity contribution < 1.29 is 9.29 Å². The molecule has 0 aliphatic carbocycles. The Hall–Kier alpha value is -1.85. The van der Waals surface area contributed by atoms with Gasteiger partial charge in [-0.15, -0.1) is 0 Å². The van der Waals surface area contributed by atoms with Crippen LogP contribution in [0.5, 0.6) is 5.75 Å². The van der Waals surface area contributed by atoms with Crippen LogP contribution in [0.15, 0.2) is 53.1 Å². The first kappa shape index (κ1) is 16.5. The van der Waals surface area contributed by atoms with Crippen LogP contribution in [-0.2, 0) is 18.0 Å². The molecule has 2 rings (SSSR count). The van der Waals surface area contributed by atoms with Crippen LogP contribution in [0.1, 0.15) is 32.0 Å². The van der Waals surface area contributed by atoms with Crippen molar-refractivity contribution in [1.29, 1.82) is 0 Å². The summed E-state index contributed by atoms with van der Waals surface area (Å²) in [6.45, 7) is 6.14. The van der Waals surface area contributed by atoms with Crippen molar-refractivity contribution in [3.63, 3.8) is 0 Å². The van der Waals surface area contributed by atoms with Gasteiger partial charge in [-0.25, -0.2) is 0 Å². The molecule has 1 unspecified atom stereocenters. The number of hydrogen-bond acceptors (Lipinski definition) is 4. The molecule has 0 bridgehead atoms. The standard InChI is InChI=1S/C17H20N2O2S/c1-17(2,3)22(20)19-12-15-11-16(9-10-18-15)21-13-14-7-5-4-6-8-14/h4-12H,13H2,1-3H3. The molecule has 0 aliphatic heterocycles. The first-order chi connectivity index (χ1) is 10.4. The van der Waals surface area contributed by atoms with E-state index < -0.39 is 11.4 Å². The van der Waals surface area contributed by atoms with E-state index in [2.05, 4.69) is 9.38 Å². The highest BCUT2D eigenvalue weighted by Crippen LogP contribution is 2.17. The van der Waals surface area contributed by atoms with Crippen LogP contribution in [0.4, 0.5) is 0 Å². The summed E-state index contributed by atoms with van der Waals surface area (Å²) in [6, 6.07) is 13.5. The van der Waals surface area contributed by atoms with Crippen molar-refractivity contribution in [2.75, 3.05) is 0 Å². The lowest BCUT2D eigenvalue weighted by molar-refractivity contribution is 0.306. The van der Waals surface area contributed by atoms with Gasteiger partial charge in [-0.2, -0.15) is 0 Å². The van der Waals surface area contributed by atoms with Crippen molar-refractivity contribution in [2.45, 2.75) is 32.1 Å². The molecule has 0 radical (unpaired) electrons. The van der Waals surface area contributed by atoms with Gasteiger partial charge in [-0.1, -0.05) is 34.7 Å². The van der Waals surface area contributed by atoms with E-state index in [0.717, 1.165) is 5.56 Å². The first-order valence-corrected chi connectivity index (χ1v) is 8.15. The highest BCUT2D eigenvalue weighted by molar-refractivity contribution is 7.91. The maximum atomic E-state index is 11.9. The molecule has 0 aliphatic rings.